The molecule has 8 nitrogen and oxygen atoms in total. The second-order valence-electron chi connectivity index (χ2n) is 9.16. The molecule has 2 N–H and O–H groups in total. The molecule has 6 rings (SSSR count). The number of benzene rings is 1. The number of aromatic nitrogens is 7. The lowest BCUT2D eigenvalue weighted by Gasteiger charge is -2.37. The topological polar surface area (TPSA) is 113 Å². The molecule has 3 aromatic heterocycles. The summed E-state index contributed by atoms with van der Waals surface area (Å²) in [6.45, 7) is 4.31. The van der Waals surface area contributed by atoms with Crippen LogP contribution in [-0.4, -0.2) is 35.3 Å². The summed E-state index contributed by atoms with van der Waals surface area (Å²) in [4.78, 5) is 23.3. The van der Waals surface area contributed by atoms with Gasteiger partial charge in [0.15, 0.2) is 5.82 Å². The average molecular weight is 447 g/mol. The Morgan fingerprint density at radius 2 is 1.88 bits per heavy atom. The molecule has 2 aliphatic rings. The fourth-order valence-corrected chi connectivity index (χ4v) is 5.83. The number of aromatic amines is 2. The maximum atomic E-state index is 14.4. The Kier molecular flexibility index (Phi) is 3.96. The van der Waals surface area contributed by atoms with Crippen molar-refractivity contribution in [2.45, 2.75) is 38.0 Å². The molecule has 0 radical (unpaired) electrons. The van der Waals surface area contributed by atoms with E-state index in [2.05, 4.69) is 44.2 Å². The molecule has 4 aromatic rings. The number of H-pyrrole nitrogens is 2. The van der Waals surface area contributed by atoms with Crippen LogP contribution in [0.1, 0.15) is 49.6 Å². The highest BCUT2D eigenvalue weighted by Crippen LogP contribution is 2.69. The molecule has 0 aliphatic heterocycles. The van der Waals surface area contributed by atoms with Gasteiger partial charge in [-0.3, -0.25) is 9.97 Å². The number of fused-ring (bicyclic) bond motifs is 5. The Balaban J connectivity index is 1.53. The highest BCUT2D eigenvalue weighted by atomic mass is 19.1. The van der Waals surface area contributed by atoms with Crippen molar-refractivity contribution >= 4 is 0 Å². The molecule has 0 amide bonds. The van der Waals surface area contributed by atoms with E-state index in [1.807, 2.05) is 0 Å². The molecule has 0 spiro atoms. The molecule has 3 heterocycles. The van der Waals surface area contributed by atoms with Crippen molar-refractivity contribution in [2.24, 2.45) is 5.41 Å². The fraction of sp³-hybridized carbons (Fsp3) is 0.304. The summed E-state index contributed by atoms with van der Waals surface area (Å²) in [6, 6.07) is 5.52. The van der Waals surface area contributed by atoms with E-state index < -0.39 is 22.7 Å². The van der Waals surface area contributed by atoms with Crippen LogP contribution in [0.15, 0.2) is 41.5 Å². The lowest BCUT2D eigenvalue weighted by Crippen LogP contribution is -2.38. The van der Waals surface area contributed by atoms with Gasteiger partial charge in [0, 0.05) is 6.20 Å². The zero-order valence-electron chi connectivity index (χ0n) is 17.9. The summed E-state index contributed by atoms with van der Waals surface area (Å²) < 4.78 is 28.8. The van der Waals surface area contributed by atoms with Crippen LogP contribution in [0.25, 0.3) is 22.8 Å². The Hall–Kier alpha value is -3.82. The highest BCUT2D eigenvalue weighted by molar-refractivity contribution is 5.64. The van der Waals surface area contributed by atoms with Gasteiger partial charge in [0.2, 0.25) is 0 Å². The number of hydrogen-bond donors (Lipinski definition) is 2. The Bertz CT molecular complexity index is 1460. The molecule has 0 saturated heterocycles. The van der Waals surface area contributed by atoms with Crippen LogP contribution in [0, 0.1) is 17.0 Å². The van der Waals surface area contributed by atoms with E-state index in [0.717, 1.165) is 24.1 Å². The minimum Gasteiger partial charge on any atom is -0.288 e. The first-order valence-corrected chi connectivity index (χ1v) is 10.6. The van der Waals surface area contributed by atoms with E-state index in [-0.39, 0.29) is 22.6 Å². The molecule has 2 aliphatic carbocycles. The normalized spacial score (nSPS) is 22.5. The van der Waals surface area contributed by atoms with E-state index in [1.54, 1.807) is 12.3 Å². The third-order valence-corrected chi connectivity index (χ3v) is 7.42. The van der Waals surface area contributed by atoms with Crippen LogP contribution in [0.2, 0.25) is 0 Å². The maximum absolute atomic E-state index is 14.4. The van der Waals surface area contributed by atoms with Crippen LogP contribution in [0.4, 0.5) is 8.78 Å². The van der Waals surface area contributed by atoms with Crippen molar-refractivity contribution in [2.75, 3.05) is 0 Å². The molecule has 2 atom stereocenters. The van der Waals surface area contributed by atoms with Gasteiger partial charge in [-0.05, 0) is 47.9 Å². The van der Waals surface area contributed by atoms with Crippen molar-refractivity contribution in [3.63, 3.8) is 0 Å². The molecule has 1 saturated carbocycles. The second kappa shape index (κ2) is 6.60. The summed E-state index contributed by atoms with van der Waals surface area (Å²) in [5.41, 5.74) is 1.53. The Labute approximate surface area is 186 Å². The molecule has 33 heavy (non-hydrogen) atoms. The molecular weight excluding hydrogens is 428 g/mol. The first-order chi connectivity index (χ1) is 15.8. The molecule has 1 fully saturated rings. The summed E-state index contributed by atoms with van der Waals surface area (Å²) in [7, 11) is 0. The third-order valence-electron chi connectivity index (χ3n) is 7.42. The maximum Gasteiger partial charge on any atom is 0.340 e. The standard InChI is InChI=1S/C23H19F2N7O/c1-22(2)12-6-7-23(22,17-10-26-9-16(27-17)20-28-21(33)32-31-20)19-11(12)8-15(29-30-19)18-13(24)4-3-5-14(18)25/h3-5,8-10,12H,6-7H2,1-2H3,(H2,28,31,32,33)/t12?,23-/m0/s1. The molecular formula is C23H19F2N7O. The molecule has 2 bridgehead atoms. The van der Waals surface area contributed by atoms with E-state index in [9.17, 15) is 13.6 Å². The lowest BCUT2D eigenvalue weighted by atomic mass is 9.66. The number of hydrogen-bond acceptors (Lipinski definition) is 6. The van der Waals surface area contributed by atoms with Gasteiger partial charge in [0.05, 0.1) is 34.3 Å². The predicted octanol–water partition coefficient (Wildman–Crippen LogP) is 3.49. The largest absolute Gasteiger partial charge is 0.340 e. The average Bonchev–Trinajstić information content (AvgIpc) is 3.40. The predicted molar refractivity (Wildman–Crippen MR) is 114 cm³/mol. The van der Waals surface area contributed by atoms with E-state index in [4.69, 9.17) is 4.98 Å². The van der Waals surface area contributed by atoms with Gasteiger partial charge in [-0.1, -0.05) is 19.9 Å². The van der Waals surface area contributed by atoms with Crippen molar-refractivity contribution in [1.82, 2.24) is 35.3 Å². The smallest absolute Gasteiger partial charge is 0.288 e. The van der Waals surface area contributed by atoms with Crippen LogP contribution in [0.3, 0.4) is 0 Å². The van der Waals surface area contributed by atoms with Crippen molar-refractivity contribution < 1.29 is 8.78 Å². The minimum absolute atomic E-state index is 0.118. The SMILES string of the molecule is CC1(C)C2CC[C@]1(c1cncc(-c3n[nH]c(=O)[nH]3)n1)c1nnc(-c3c(F)cccc3F)cc12. The van der Waals surface area contributed by atoms with Crippen LogP contribution >= 0.6 is 0 Å². The summed E-state index contributed by atoms with van der Waals surface area (Å²) in [6.07, 6.45) is 4.90. The quantitative estimate of drug-likeness (QED) is 0.497. The fourth-order valence-electron chi connectivity index (χ4n) is 5.83. The Morgan fingerprint density at radius 3 is 2.61 bits per heavy atom. The monoisotopic (exact) mass is 447 g/mol. The van der Waals surface area contributed by atoms with Gasteiger partial charge < -0.3 is 0 Å². The van der Waals surface area contributed by atoms with E-state index in [1.165, 1.54) is 24.4 Å². The number of rotatable bonds is 3. The first-order valence-electron chi connectivity index (χ1n) is 10.6. The molecule has 1 aromatic carbocycles. The highest BCUT2D eigenvalue weighted by Gasteiger charge is 2.65. The number of halogens is 2. The Morgan fingerprint density at radius 1 is 1.09 bits per heavy atom. The van der Waals surface area contributed by atoms with Crippen LogP contribution < -0.4 is 5.69 Å². The molecule has 1 unspecified atom stereocenters. The summed E-state index contributed by atoms with van der Waals surface area (Å²) in [5, 5.41) is 15.1. The van der Waals surface area contributed by atoms with Gasteiger partial charge in [-0.15, -0.1) is 5.10 Å². The number of nitrogens with one attached hydrogen (secondary N) is 2. The lowest BCUT2D eigenvalue weighted by molar-refractivity contribution is 0.242. The van der Waals surface area contributed by atoms with E-state index in [0.29, 0.717) is 17.2 Å². The summed E-state index contributed by atoms with van der Waals surface area (Å²) in [5.74, 6) is -0.930. The van der Waals surface area contributed by atoms with Crippen molar-refractivity contribution in [3.05, 3.63) is 75.7 Å². The van der Waals surface area contributed by atoms with Gasteiger partial charge in [0.25, 0.3) is 0 Å². The third kappa shape index (κ3) is 2.54. The summed E-state index contributed by atoms with van der Waals surface area (Å²) >= 11 is 0. The van der Waals surface area contributed by atoms with Crippen molar-refractivity contribution in [1.29, 1.82) is 0 Å². The van der Waals surface area contributed by atoms with Crippen LogP contribution in [-0.2, 0) is 5.41 Å². The second-order valence-corrected chi connectivity index (χ2v) is 9.16. The molecule has 10 heteroatoms. The number of nitrogens with zero attached hydrogens (tertiary/aromatic N) is 5. The first kappa shape index (κ1) is 19.8. The van der Waals surface area contributed by atoms with Gasteiger partial charge >= 0.3 is 5.69 Å². The van der Waals surface area contributed by atoms with Gasteiger partial charge in [-0.2, -0.15) is 10.2 Å². The van der Waals surface area contributed by atoms with Gasteiger partial charge in [0.1, 0.15) is 17.3 Å². The zero-order valence-corrected chi connectivity index (χ0v) is 17.9. The minimum atomic E-state index is -0.673. The van der Waals surface area contributed by atoms with E-state index >= 15 is 0 Å². The zero-order chi connectivity index (χ0) is 23.0. The molecule has 166 valence electrons. The van der Waals surface area contributed by atoms with Crippen molar-refractivity contribution in [3.8, 4) is 22.8 Å². The van der Waals surface area contributed by atoms with Crippen LogP contribution in [0.5, 0.6) is 0 Å². The van der Waals surface area contributed by atoms with Gasteiger partial charge in [-0.25, -0.2) is 23.7 Å².